The van der Waals surface area contributed by atoms with Gasteiger partial charge in [0, 0.05) is 5.92 Å². The van der Waals surface area contributed by atoms with Gasteiger partial charge in [0.1, 0.15) is 6.61 Å². The largest absolute Gasteiger partial charge is 0.449 e. The van der Waals surface area contributed by atoms with Gasteiger partial charge in [0.25, 0.3) is 0 Å². The molecule has 2 aromatic rings. The Morgan fingerprint density at radius 2 is 1.70 bits per heavy atom. The molecular formula is C25H31NO4. The average Bonchev–Trinajstić information content (AvgIpc) is 3.24. The Morgan fingerprint density at radius 3 is 2.27 bits per heavy atom. The van der Waals surface area contributed by atoms with Crippen molar-refractivity contribution >= 4 is 6.09 Å². The molecule has 5 heteroatoms. The van der Waals surface area contributed by atoms with Crippen LogP contribution in [-0.4, -0.2) is 41.7 Å². The molecule has 2 unspecified atom stereocenters. The van der Waals surface area contributed by atoms with Crippen molar-refractivity contribution in [1.82, 2.24) is 5.32 Å². The van der Waals surface area contributed by atoms with Crippen LogP contribution in [0.4, 0.5) is 4.79 Å². The second-order valence-corrected chi connectivity index (χ2v) is 9.48. The van der Waals surface area contributed by atoms with E-state index in [1.807, 2.05) is 45.0 Å². The maximum absolute atomic E-state index is 12.7. The van der Waals surface area contributed by atoms with Crippen LogP contribution >= 0.6 is 0 Å². The molecular weight excluding hydrogens is 378 g/mol. The normalized spacial score (nSPS) is 23.1. The van der Waals surface area contributed by atoms with Gasteiger partial charge < -0.3 is 19.9 Å². The zero-order valence-electron chi connectivity index (χ0n) is 18.0. The second kappa shape index (κ2) is 8.05. The van der Waals surface area contributed by atoms with E-state index in [9.17, 15) is 9.90 Å². The highest BCUT2D eigenvalue weighted by atomic mass is 16.5. The fourth-order valence-electron chi connectivity index (χ4n) is 4.83. The van der Waals surface area contributed by atoms with Crippen LogP contribution in [0.25, 0.3) is 11.1 Å². The van der Waals surface area contributed by atoms with Gasteiger partial charge in [-0.3, -0.25) is 0 Å². The number of hydrogen-bond donors (Lipinski definition) is 2. The van der Waals surface area contributed by atoms with E-state index in [0.29, 0.717) is 12.8 Å². The fraction of sp³-hybridized carbons (Fsp3) is 0.480. The van der Waals surface area contributed by atoms with Crippen LogP contribution in [0.1, 0.15) is 57.1 Å². The number of aliphatic hydroxyl groups is 1. The Bertz CT molecular complexity index is 874. The van der Waals surface area contributed by atoms with Crippen LogP contribution < -0.4 is 5.32 Å². The van der Waals surface area contributed by atoms with E-state index >= 15 is 0 Å². The van der Waals surface area contributed by atoms with Crippen molar-refractivity contribution in [3.63, 3.8) is 0 Å². The molecule has 1 fully saturated rings. The molecule has 2 aromatic carbocycles. The molecule has 0 bridgehead atoms. The van der Waals surface area contributed by atoms with E-state index in [1.54, 1.807) is 0 Å². The zero-order valence-corrected chi connectivity index (χ0v) is 18.0. The third-order valence-corrected chi connectivity index (χ3v) is 6.10. The van der Waals surface area contributed by atoms with E-state index < -0.39 is 11.6 Å². The Hall–Kier alpha value is -2.37. The summed E-state index contributed by atoms with van der Waals surface area (Å²) in [5, 5.41) is 12.9. The first-order valence-corrected chi connectivity index (χ1v) is 10.7. The van der Waals surface area contributed by atoms with Gasteiger partial charge in [-0.05, 0) is 62.3 Å². The van der Waals surface area contributed by atoms with E-state index in [2.05, 4.69) is 29.6 Å². The molecule has 0 saturated heterocycles. The minimum absolute atomic E-state index is 0.0195. The number of carbonyl (C=O) groups is 1. The smallest absolute Gasteiger partial charge is 0.407 e. The third kappa shape index (κ3) is 4.23. The summed E-state index contributed by atoms with van der Waals surface area (Å²) in [6.07, 6.45) is 1.61. The van der Waals surface area contributed by atoms with Crippen molar-refractivity contribution < 1.29 is 19.4 Å². The molecule has 2 aliphatic rings. The van der Waals surface area contributed by atoms with Crippen LogP contribution in [-0.2, 0) is 9.47 Å². The number of amides is 1. The predicted octanol–water partition coefficient (Wildman–Crippen LogP) is 4.62. The molecule has 0 aliphatic heterocycles. The standard InChI is InChI=1S/C25H31NO4/c1-24(2,3)30-17-12-13-25(14-17,16-27)26-23(28)29-15-22-20-10-6-4-8-18(20)19-9-5-7-11-21(19)22/h4-11,17,22,27H,12-16H2,1-3H3,(H,26,28). The van der Waals surface area contributed by atoms with E-state index in [4.69, 9.17) is 9.47 Å². The van der Waals surface area contributed by atoms with Crippen molar-refractivity contribution in [2.24, 2.45) is 0 Å². The first kappa shape index (κ1) is 20.9. The number of nitrogens with one attached hydrogen (secondary N) is 1. The number of fused-ring (bicyclic) bond motifs is 3. The zero-order chi connectivity index (χ0) is 21.4. The van der Waals surface area contributed by atoms with Gasteiger partial charge in [-0.2, -0.15) is 0 Å². The topological polar surface area (TPSA) is 67.8 Å². The van der Waals surface area contributed by atoms with Gasteiger partial charge in [-0.25, -0.2) is 4.79 Å². The van der Waals surface area contributed by atoms with Crippen LogP contribution in [0.2, 0.25) is 0 Å². The number of rotatable bonds is 5. The van der Waals surface area contributed by atoms with E-state index in [-0.39, 0.29) is 30.8 Å². The van der Waals surface area contributed by atoms with Crippen LogP contribution in [0.3, 0.4) is 0 Å². The van der Waals surface area contributed by atoms with Gasteiger partial charge in [0.2, 0.25) is 0 Å². The van der Waals surface area contributed by atoms with Gasteiger partial charge in [-0.1, -0.05) is 48.5 Å². The molecule has 0 spiro atoms. The average molecular weight is 410 g/mol. The summed E-state index contributed by atoms with van der Waals surface area (Å²) in [6, 6.07) is 16.5. The molecule has 2 aliphatic carbocycles. The summed E-state index contributed by atoms with van der Waals surface area (Å²) in [6.45, 7) is 6.20. The highest BCUT2D eigenvalue weighted by Gasteiger charge is 2.42. The minimum atomic E-state index is -0.682. The molecule has 2 atom stereocenters. The number of alkyl carbamates (subject to hydrolysis) is 1. The Kier molecular flexibility index (Phi) is 5.60. The molecule has 1 amide bonds. The minimum Gasteiger partial charge on any atom is -0.449 e. The van der Waals surface area contributed by atoms with Crippen molar-refractivity contribution in [2.75, 3.05) is 13.2 Å². The Labute approximate surface area is 178 Å². The Balaban J connectivity index is 1.41. The molecule has 1 saturated carbocycles. The quantitative estimate of drug-likeness (QED) is 0.756. The first-order chi connectivity index (χ1) is 14.3. The van der Waals surface area contributed by atoms with Gasteiger partial charge in [-0.15, -0.1) is 0 Å². The molecule has 30 heavy (non-hydrogen) atoms. The van der Waals surface area contributed by atoms with Crippen molar-refractivity contribution in [1.29, 1.82) is 0 Å². The summed E-state index contributed by atoms with van der Waals surface area (Å²) in [5.74, 6) is 0.0220. The lowest BCUT2D eigenvalue weighted by Crippen LogP contribution is -2.50. The van der Waals surface area contributed by atoms with Crippen LogP contribution in [0, 0.1) is 0 Å². The first-order valence-electron chi connectivity index (χ1n) is 10.7. The van der Waals surface area contributed by atoms with Gasteiger partial charge in [0.05, 0.1) is 23.9 Å². The highest BCUT2D eigenvalue weighted by Crippen LogP contribution is 2.44. The molecule has 0 radical (unpaired) electrons. The SMILES string of the molecule is CC(C)(C)OC1CCC(CO)(NC(=O)OCC2c3ccccc3-c3ccccc32)C1. The number of hydrogen-bond acceptors (Lipinski definition) is 4. The maximum atomic E-state index is 12.7. The lowest BCUT2D eigenvalue weighted by atomic mass is 9.98. The summed E-state index contributed by atoms with van der Waals surface area (Å²) < 4.78 is 11.7. The molecule has 2 N–H and O–H groups in total. The van der Waals surface area contributed by atoms with E-state index in [1.165, 1.54) is 22.3 Å². The van der Waals surface area contributed by atoms with Crippen molar-refractivity contribution in [2.45, 2.75) is 63.2 Å². The lowest BCUT2D eigenvalue weighted by Gasteiger charge is -2.30. The number of ether oxygens (including phenoxy) is 2. The van der Waals surface area contributed by atoms with Crippen LogP contribution in [0.15, 0.2) is 48.5 Å². The number of benzene rings is 2. The summed E-state index contributed by atoms with van der Waals surface area (Å²) >= 11 is 0. The Morgan fingerprint density at radius 1 is 1.10 bits per heavy atom. The second-order valence-electron chi connectivity index (χ2n) is 9.48. The summed E-state index contributed by atoms with van der Waals surface area (Å²) in [7, 11) is 0. The van der Waals surface area contributed by atoms with Crippen LogP contribution in [0.5, 0.6) is 0 Å². The third-order valence-electron chi connectivity index (χ3n) is 6.10. The molecule has 0 heterocycles. The molecule has 4 rings (SSSR count). The van der Waals surface area contributed by atoms with Crippen molar-refractivity contribution in [3.8, 4) is 11.1 Å². The highest BCUT2D eigenvalue weighted by molar-refractivity contribution is 5.79. The predicted molar refractivity (Wildman–Crippen MR) is 116 cm³/mol. The van der Waals surface area contributed by atoms with E-state index in [0.717, 1.165) is 6.42 Å². The molecule has 160 valence electrons. The van der Waals surface area contributed by atoms with Gasteiger partial charge in [0.15, 0.2) is 0 Å². The number of aliphatic hydroxyl groups excluding tert-OH is 1. The maximum Gasteiger partial charge on any atom is 0.407 e. The monoisotopic (exact) mass is 409 g/mol. The van der Waals surface area contributed by atoms with Gasteiger partial charge >= 0.3 is 6.09 Å². The summed E-state index contributed by atoms with van der Waals surface area (Å²) in [5.41, 5.74) is 3.84. The van der Waals surface area contributed by atoms with Crippen molar-refractivity contribution in [3.05, 3.63) is 59.7 Å². The molecule has 0 aromatic heterocycles. The fourth-order valence-corrected chi connectivity index (χ4v) is 4.83. The summed E-state index contributed by atoms with van der Waals surface area (Å²) in [4.78, 5) is 12.7. The molecule has 5 nitrogen and oxygen atoms in total. The number of carbonyl (C=O) groups excluding carboxylic acids is 1. The lowest BCUT2D eigenvalue weighted by molar-refractivity contribution is -0.0598.